The number of benzene rings is 1. The van der Waals surface area contributed by atoms with Gasteiger partial charge in [0, 0.05) is 10.9 Å². The molecule has 0 fully saturated rings. The molecule has 0 amide bonds. The Labute approximate surface area is 152 Å². The highest BCUT2D eigenvalue weighted by Gasteiger charge is 2.20. The van der Waals surface area contributed by atoms with Crippen LogP contribution in [0.3, 0.4) is 0 Å². The minimum Gasteiger partial charge on any atom is -0.454 e. The molecule has 0 saturated carbocycles. The van der Waals surface area contributed by atoms with Crippen LogP contribution in [0.5, 0.6) is 11.5 Å². The van der Waals surface area contributed by atoms with E-state index in [9.17, 15) is 4.79 Å². The average Bonchev–Trinajstić information content (AvgIpc) is 3.17. The smallest absolute Gasteiger partial charge is 0.267 e. The number of aryl methyl sites for hydroxylation is 2. The molecule has 4 rings (SSSR count). The van der Waals surface area contributed by atoms with Crippen LogP contribution in [0.2, 0.25) is 0 Å². The van der Waals surface area contributed by atoms with Crippen LogP contribution in [0.15, 0.2) is 28.2 Å². The summed E-state index contributed by atoms with van der Waals surface area (Å²) in [7, 11) is 0. The standard InChI is InChI=1S/C18H14N2O3S2/c1-4-7-24-18-19-16-15(10(2)11(3)25-16)17(21)20(18)12-5-6-13-14(8-12)23-9-22-13/h1,5-6,8H,7,9H2,2-3H3. The lowest BCUT2D eigenvalue weighted by Crippen LogP contribution is -2.21. The molecule has 1 aromatic carbocycles. The number of hydrogen-bond donors (Lipinski definition) is 0. The SMILES string of the molecule is C#CCSc1nc2sc(C)c(C)c2c(=O)n1-c1ccc2c(c1)OCO2. The number of ether oxygens (including phenoxy) is 2. The van der Waals surface area contributed by atoms with Gasteiger partial charge in [-0.15, -0.1) is 17.8 Å². The fourth-order valence-corrected chi connectivity index (χ4v) is 4.49. The van der Waals surface area contributed by atoms with Crippen molar-refractivity contribution in [1.82, 2.24) is 9.55 Å². The summed E-state index contributed by atoms with van der Waals surface area (Å²) >= 11 is 2.90. The number of aromatic nitrogens is 2. The molecule has 7 heteroatoms. The van der Waals surface area contributed by atoms with E-state index in [1.807, 2.05) is 19.9 Å². The summed E-state index contributed by atoms with van der Waals surface area (Å²) in [4.78, 5) is 19.8. The second-order valence-electron chi connectivity index (χ2n) is 5.53. The van der Waals surface area contributed by atoms with Gasteiger partial charge in [0.15, 0.2) is 16.7 Å². The molecule has 0 spiro atoms. The number of hydrogen-bond acceptors (Lipinski definition) is 6. The molecule has 1 aliphatic heterocycles. The molecule has 0 bridgehead atoms. The van der Waals surface area contributed by atoms with Crippen molar-refractivity contribution in [3.05, 3.63) is 39.0 Å². The van der Waals surface area contributed by atoms with Crippen molar-refractivity contribution in [2.24, 2.45) is 0 Å². The van der Waals surface area contributed by atoms with E-state index in [2.05, 4.69) is 5.92 Å². The molecule has 0 unspecified atom stereocenters. The predicted octanol–water partition coefficient (Wildman–Crippen LogP) is 3.52. The zero-order valence-electron chi connectivity index (χ0n) is 13.7. The molecule has 0 radical (unpaired) electrons. The molecule has 1 aliphatic rings. The molecule has 0 saturated heterocycles. The second-order valence-corrected chi connectivity index (χ2v) is 7.67. The van der Waals surface area contributed by atoms with Crippen LogP contribution in [0.25, 0.3) is 15.9 Å². The van der Waals surface area contributed by atoms with Gasteiger partial charge in [-0.1, -0.05) is 17.7 Å². The van der Waals surface area contributed by atoms with E-state index in [0.29, 0.717) is 33.5 Å². The van der Waals surface area contributed by atoms with E-state index < -0.39 is 0 Å². The minimum atomic E-state index is -0.0924. The van der Waals surface area contributed by atoms with Gasteiger partial charge in [0.05, 0.1) is 16.8 Å². The normalized spacial score (nSPS) is 12.5. The van der Waals surface area contributed by atoms with Crippen molar-refractivity contribution in [2.75, 3.05) is 12.5 Å². The molecule has 0 N–H and O–H groups in total. The summed E-state index contributed by atoms with van der Waals surface area (Å²) in [6, 6.07) is 5.43. The lowest BCUT2D eigenvalue weighted by molar-refractivity contribution is 0.174. The quantitative estimate of drug-likeness (QED) is 0.401. The van der Waals surface area contributed by atoms with Crippen LogP contribution in [0, 0.1) is 26.2 Å². The molecule has 0 atom stereocenters. The Morgan fingerprint density at radius 2 is 2.16 bits per heavy atom. The van der Waals surface area contributed by atoms with Gasteiger partial charge >= 0.3 is 0 Å². The summed E-state index contributed by atoms with van der Waals surface area (Å²) < 4.78 is 12.4. The van der Waals surface area contributed by atoms with Crippen molar-refractivity contribution in [1.29, 1.82) is 0 Å². The zero-order chi connectivity index (χ0) is 17.6. The van der Waals surface area contributed by atoms with Crippen LogP contribution in [0.1, 0.15) is 10.4 Å². The number of thiophene rings is 1. The Hall–Kier alpha value is -2.43. The minimum absolute atomic E-state index is 0.0924. The first-order chi connectivity index (χ1) is 12.1. The Morgan fingerprint density at radius 3 is 2.96 bits per heavy atom. The number of terminal acetylenes is 1. The largest absolute Gasteiger partial charge is 0.454 e. The molecule has 126 valence electrons. The van der Waals surface area contributed by atoms with Gasteiger partial charge in [-0.2, -0.15) is 0 Å². The van der Waals surface area contributed by atoms with Crippen molar-refractivity contribution >= 4 is 33.3 Å². The monoisotopic (exact) mass is 370 g/mol. The third kappa shape index (κ3) is 2.58. The van der Waals surface area contributed by atoms with Crippen molar-refractivity contribution in [2.45, 2.75) is 19.0 Å². The second kappa shape index (κ2) is 6.14. The van der Waals surface area contributed by atoms with Crippen molar-refractivity contribution in [3.8, 4) is 29.5 Å². The summed E-state index contributed by atoms with van der Waals surface area (Å²) in [6.45, 7) is 4.14. The van der Waals surface area contributed by atoms with Gasteiger partial charge in [-0.05, 0) is 31.5 Å². The van der Waals surface area contributed by atoms with Gasteiger partial charge in [0.2, 0.25) is 6.79 Å². The molecular formula is C18H14N2O3S2. The maximum Gasteiger partial charge on any atom is 0.267 e. The maximum absolute atomic E-state index is 13.2. The van der Waals surface area contributed by atoms with E-state index in [4.69, 9.17) is 20.9 Å². The van der Waals surface area contributed by atoms with Gasteiger partial charge in [0.25, 0.3) is 5.56 Å². The lowest BCUT2D eigenvalue weighted by Gasteiger charge is -2.12. The molecular weight excluding hydrogens is 356 g/mol. The molecule has 3 heterocycles. The molecule has 0 aliphatic carbocycles. The number of rotatable bonds is 3. The topological polar surface area (TPSA) is 53.4 Å². The average molecular weight is 370 g/mol. The molecule has 5 nitrogen and oxygen atoms in total. The van der Waals surface area contributed by atoms with E-state index in [1.54, 1.807) is 16.7 Å². The van der Waals surface area contributed by atoms with Crippen LogP contribution in [0.4, 0.5) is 0 Å². The van der Waals surface area contributed by atoms with E-state index >= 15 is 0 Å². The highest BCUT2D eigenvalue weighted by atomic mass is 32.2. The van der Waals surface area contributed by atoms with Crippen LogP contribution >= 0.6 is 23.1 Å². The lowest BCUT2D eigenvalue weighted by atomic mass is 10.2. The predicted molar refractivity (Wildman–Crippen MR) is 100 cm³/mol. The van der Waals surface area contributed by atoms with Crippen molar-refractivity contribution < 1.29 is 9.47 Å². The summed E-state index contributed by atoms with van der Waals surface area (Å²) in [6.07, 6.45) is 5.40. The molecule has 3 aromatic rings. The number of fused-ring (bicyclic) bond motifs is 2. The highest BCUT2D eigenvalue weighted by Crippen LogP contribution is 2.35. The Kier molecular flexibility index (Phi) is 3.94. The summed E-state index contributed by atoms with van der Waals surface area (Å²) in [5.74, 6) is 4.32. The van der Waals surface area contributed by atoms with E-state index in [1.165, 1.54) is 23.1 Å². The summed E-state index contributed by atoms with van der Waals surface area (Å²) in [5.41, 5.74) is 1.57. The van der Waals surface area contributed by atoms with Gasteiger partial charge in [-0.3, -0.25) is 9.36 Å². The first-order valence-corrected chi connectivity index (χ1v) is 9.39. The Balaban J connectivity index is 2.00. The number of thioether (sulfide) groups is 1. The van der Waals surface area contributed by atoms with Crippen LogP contribution in [-0.2, 0) is 0 Å². The van der Waals surface area contributed by atoms with Gasteiger partial charge in [0.1, 0.15) is 4.83 Å². The highest BCUT2D eigenvalue weighted by molar-refractivity contribution is 7.99. The fraction of sp³-hybridized carbons (Fsp3) is 0.222. The number of nitrogens with zero attached hydrogens (tertiary/aromatic N) is 2. The van der Waals surface area contributed by atoms with Gasteiger partial charge in [-0.25, -0.2) is 4.98 Å². The van der Waals surface area contributed by atoms with E-state index in [0.717, 1.165) is 15.3 Å². The first kappa shape index (κ1) is 16.1. The van der Waals surface area contributed by atoms with E-state index in [-0.39, 0.29) is 12.4 Å². The zero-order valence-corrected chi connectivity index (χ0v) is 15.3. The molecule has 25 heavy (non-hydrogen) atoms. The Bertz CT molecular complexity index is 1090. The Morgan fingerprint density at radius 1 is 1.36 bits per heavy atom. The third-order valence-corrected chi connectivity index (χ3v) is 6.02. The third-order valence-electron chi connectivity index (χ3n) is 4.07. The first-order valence-electron chi connectivity index (χ1n) is 7.59. The van der Waals surface area contributed by atoms with Crippen LogP contribution in [-0.4, -0.2) is 22.1 Å². The van der Waals surface area contributed by atoms with Crippen LogP contribution < -0.4 is 15.0 Å². The molecule has 2 aromatic heterocycles. The van der Waals surface area contributed by atoms with Crippen molar-refractivity contribution in [3.63, 3.8) is 0 Å². The summed E-state index contributed by atoms with van der Waals surface area (Å²) in [5, 5.41) is 1.24. The maximum atomic E-state index is 13.2. The fourth-order valence-electron chi connectivity index (χ4n) is 2.73. The van der Waals surface area contributed by atoms with Gasteiger partial charge < -0.3 is 9.47 Å².